The fraction of sp³-hybridized carbons (Fsp3) is 0.485. The smallest absolute Gasteiger partial charge is 0.243 e. The van der Waals surface area contributed by atoms with E-state index in [1.807, 2.05) is 13.0 Å². The Labute approximate surface area is 272 Å². The maximum absolute atomic E-state index is 12.8. The van der Waals surface area contributed by atoms with E-state index in [1.165, 1.54) is 30.8 Å². The van der Waals surface area contributed by atoms with Crippen molar-refractivity contribution >= 4 is 58.2 Å². The molecule has 3 rings (SSSR count). The Balaban J connectivity index is 0.000000653. The SMILES string of the molecule is C.CC(=N)SC(=N)C1=CCCCC1.CCCC/C(=C\c1cnc(N)cc1C)CNC(=O)C1CCC(=N/C=C(\C=O)NC=O)N1C. The molecule has 0 radical (unpaired) electrons. The van der Waals surface area contributed by atoms with E-state index in [0.29, 0.717) is 53.8 Å². The van der Waals surface area contributed by atoms with Gasteiger partial charge in [0.15, 0.2) is 6.29 Å². The number of thioether (sulfide) groups is 1. The van der Waals surface area contributed by atoms with Crippen LogP contribution in [0.2, 0.25) is 0 Å². The van der Waals surface area contributed by atoms with Gasteiger partial charge in [0, 0.05) is 26.2 Å². The van der Waals surface area contributed by atoms with Gasteiger partial charge in [-0.3, -0.25) is 25.2 Å². The molecule has 0 spiro atoms. The normalized spacial score (nSPS) is 17.3. The molecule has 1 atom stereocenters. The second-order valence-corrected chi connectivity index (χ2v) is 12.0. The number of nitrogen functional groups attached to an aromatic ring is 1. The molecule has 0 aromatic carbocycles. The second kappa shape index (κ2) is 20.8. The number of likely N-dealkylation sites (N-methyl/N-ethyl adjacent to an activating group) is 1. The maximum atomic E-state index is 12.8. The molecule has 1 aliphatic heterocycles. The fourth-order valence-corrected chi connectivity index (χ4v) is 5.37. The summed E-state index contributed by atoms with van der Waals surface area (Å²) in [5, 5.41) is 21.3. The molecular formula is C33H50N8O3S. The number of aromatic nitrogens is 1. The van der Waals surface area contributed by atoms with Gasteiger partial charge < -0.3 is 21.3 Å². The monoisotopic (exact) mass is 638 g/mol. The summed E-state index contributed by atoms with van der Waals surface area (Å²) < 4.78 is 0. The van der Waals surface area contributed by atoms with E-state index in [9.17, 15) is 14.4 Å². The summed E-state index contributed by atoms with van der Waals surface area (Å²) in [6.07, 6.45) is 17.0. The van der Waals surface area contributed by atoms with Crippen LogP contribution in [0.5, 0.6) is 0 Å². The highest BCUT2D eigenvalue weighted by atomic mass is 32.2. The number of anilines is 1. The van der Waals surface area contributed by atoms with Crippen molar-refractivity contribution in [2.24, 2.45) is 4.99 Å². The highest BCUT2D eigenvalue weighted by Crippen LogP contribution is 2.23. The average Bonchev–Trinajstić information content (AvgIpc) is 3.38. The van der Waals surface area contributed by atoms with Crippen LogP contribution in [-0.2, 0) is 14.4 Å². The number of likely N-dealkylation sites (tertiary alicyclic amines) is 1. The lowest BCUT2D eigenvalue weighted by Crippen LogP contribution is -2.43. The van der Waals surface area contributed by atoms with Crippen molar-refractivity contribution in [3.63, 3.8) is 0 Å². The Morgan fingerprint density at radius 1 is 1.27 bits per heavy atom. The lowest BCUT2D eigenvalue weighted by atomic mass is 10.0. The predicted molar refractivity (Wildman–Crippen MR) is 187 cm³/mol. The molecule has 1 saturated heterocycles. The Hall–Kier alpha value is -4.06. The zero-order valence-electron chi connectivity index (χ0n) is 26.2. The Morgan fingerprint density at radius 2 is 2.02 bits per heavy atom. The molecule has 1 unspecified atom stereocenters. The molecule has 45 heavy (non-hydrogen) atoms. The van der Waals surface area contributed by atoms with E-state index in [2.05, 4.69) is 39.7 Å². The van der Waals surface area contributed by atoms with E-state index in [-0.39, 0.29) is 25.1 Å². The molecule has 2 amide bonds. The van der Waals surface area contributed by atoms with Gasteiger partial charge in [0.25, 0.3) is 0 Å². The first-order valence-electron chi connectivity index (χ1n) is 14.9. The maximum Gasteiger partial charge on any atom is 0.243 e. The average molecular weight is 639 g/mol. The first kappa shape index (κ1) is 39.0. The van der Waals surface area contributed by atoms with Gasteiger partial charge in [-0.1, -0.05) is 50.3 Å². The second-order valence-electron chi connectivity index (χ2n) is 10.7. The van der Waals surface area contributed by atoms with Crippen LogP contribution in [-0.4, -0.2) is 64.0 Å². The van der Waals surface area contributed by atoms with Crippen molar-refractivity contribution in [2.75, 3.05) is 19.3 Å². The van der Waals surface area contributed by atoms with Crippen molar-refractivity contribution in [3.8, 4) is 0 Å². The number of carbonyl (C=O) groups excluding carboxylic acids is 3. The van der Waals surface area contributed by atoms with Crippen LogP contribution >= 0.6 is 11.8 Å². The molecule has 246 valence electrons. The standard InChI is InChI=1S/C23H32N6O3.C9H14N2S.CH4/c1-4-5-6-17(10-18-12-25-21(24)9-16(18)2)11-27-23(32)20-7-8-22(29(20)3)26-13-19(14-30)28-15-31;1-7(10)12-9(11)8-5-3-2-4-6-8;/h9-10,12-15,20H,4-8,11H2,1-3H3,(H2,24,25)(H,27,32)(H,28,31);5,10-11H,2-4,6H2,1H3;1H4/b17-10+,19-13+,26-22?;;. The highest BCUT2D eigenvalue weighted by Gasteiger charge is 2.31. The minimum Gasteiger partial charge on any atom is -0.384 e. The van der Waals surface area contributed by atoms with E-state index in [4.69, 9.17) is 16.6 Å². The number of rotatable bonds is 12. The predicted octanol–water partition coefficient (Wildman–Crippen LogP) is 5.77. The van der Waals surface area contributed by atoms with Gasteiger partial charge >= 0.3 is 0 Å². The fourth-order valence-electron chi connectivity index (χ4n) is 4.75. The highest BCUT2D eigenvalue weighted by molar-refractivity contribution is 8.26. The third-order valence-corrected chi connectivity index (χ3v) is 8.01. The zero-order valence-corrected chi connectivity index (χ0v) is 27.1. The van der Waals surface area contributed by atoms with E-state index >= 15 is 0 Å². The number of nitrogens with one attached hydrogen (secondary N) is 4. The number of nitrogens with zero attached hydrogens (tertiary/aromatic N) is 3. The van der Waals surface area contributed by atoms with Gasteiger partial charge in [0.05, 0.1) is 22.0 Å². The van der Waals surface area contributed by atoms with Crippen LogP contribution in [0.15, 0.2) is 46.4 Å². The van der Waals surface area contributed by atoms with Crippen LogP contribution in [0, 0.1) is 17.7 Å². The van der Waals surface area contributed by atoms with Gasteiger partial charge in [0.1, 0.15) is 17.7 Å². The molecule has 11 nitrogen and oxygen atoms in total. The van der Waals surface area contributed by atoms with E-state index in [1.54, 1.807) is 25.1 Å². The number of hydrogen-bond acceptors (Lipinski definition) is 9. The molecule has 2 aliphatic rings. The number of unbranched alkanes of at least 4 members (excludes halogenated alkanes) is 1. The number of amides is 2. The Morgan fingerprint density at radius 3 is 2.62 bits per heavy atom. The summed E-state index contributed by atoms with van der Waals surface area (Å²) in [7, 11) is 1.80. The molecule has 12 heteroatoms. The van der Waals surface area contributed by atoms with Gasteiger partial charge in [-0.25, -0.2) is 9.98 Å². The Bertz CT molecular complexity index is 1320. The third-order valence-electron chi connectivity index (χ3n) is 7.23. The first-order valence-corrected chi connectivity index (χ1v) is 15.8. The Kier molecular flexibility index (Phi) is 18.0. The van der Waals surface area contributed by atoms with E-state index in [0.717, 1.165) is 54.4 Å². The number of hydrogen-bond donors (Lipinski definition) is 5. The molecule has 1 aromatic heterocycles. The number of aldehydes is 1. The molecule has 1 fully saturated rings. The molecule has 0 bridgehead atoms. The number of pyridine rings is 1. The number of nitrogens with two attached hydrogens (primary N) is 1. The molecule has 6 N–H and O–H groups in total. The lowest BCUT2D eigenvalue weighted by Gasteiger charge is -2.21. The number of carbonyl (C=O) groups is 3. The molecule has 1 aliphatic carbocycles. The van der Waals surface area contributed by atoms with Crippen molar-refractivity contribution in [1.82, 2.24) is 20.5 Å². The first-order chi connectivity index (χ1) is 21.1. The summed E-state index contributed by atoms with van der Waals surface area (Å²) >= 11 is 1.26. The molecular weight excluding hydrogens is 588 g/mol. The van der Waals surface area contributed by atoms with Gasteiger partial charge in [-0.15, -0.1) is 0 Å². The van der Waals surface area contributed by atoms with Crippen molar-refractivity contribution in [3.05, 3.63) is 52.5 Å². The van der Waals surface area contributed by atoms with Crippen molar-refractivity contribution in [2.45, 2.75) is 92.0 Å². The van der Waals surface area contributed by atoms with Crippen LogP contribution in [0.3, 0.4) is 0 Å². The minimum atomic E-state index is -0.340. The number of aliphatic imine (C=N–C) groups is 1. The van der Waals surface area contributed by atoms with Gasteiger partial charge in [0.2, 0.25) is 12.3 Å². The quantitative estimate of drug-likeness (QED) is 0.0834. The number of amidine groups is 1. The summed E-state index contributed by atoms with van der Waals surface area (Å²) in [5.41, 5.74) is 10.1. The zero-order chi connectivity index (χ0) is 32.5. The van der Waals surface area contributed by atoms with Crippen LogP contribution in [0.4, 0.5) is 5.82 Å². The largest absolute Gasteiger partial charge is 0.384 e. The van der Waals surface area contributed by atoms with Crippen LogP contribution < -0.4 is 16.4 Å². The molecule has 0 saturated carbocycles. The third kappa shape index (κ3) is 13.6. The number of allylic oxidation sites excluding steroid dienone is 2. The summed E-state index contributed by atoms with van der Waals surface area (Å²) in [6.45, 7) is 6.31. The van der Waals surface area contributed by atoms with Crippen LogP contribution in [0.25, 0.3) is 6.08 Å². The van der Waals surface area contributed by atoms with Gasteiger partial charge in [-0.2, -0.15) is 0 Å². The summed E-state index contributed by atoms with van der Waals surface area (Å²) in [4.78, 5) is 44.5. The summed E-state index contributed by atoms with van der Waals surface area (Å²) in [6, 6.07) is 1.50. The molecule has 1 aromatic rings. The van der Waals surface area contributed by atoms with Crippen LogP contribution in [0.1, 0.15) is 90.2 Å². The lowest BCUT2D eigenvalue weighted by molar-refractivity contribution is -0.124. The van der Waals surface area contributed by atoms with Crippen molar-refractivity contribution < 1.29 is 14.4 Å². The van der Waals surface area contributed by atoms with Gasteiger partial charge in [-0.05, 0) is 81.6 Å². The topological polar surface area (TPSA) is 177 Å². The van der Waals surface area contributed by atoms with E-state index < -0.39 is 0 Å². The number of aryl methyl sites for hydroxylation is 1. The van der Waals surface area contributed by atoms with Crippen molar-refractivity contribution in [1.29, 1.82) is 10.8 Å². The molecule has 2 heterocycles. The summed E-state index contributed by atoms with van der Waals surface area (Å²) in [5.74, 6) is 1.10. The minimum absolute atomic E-state index is 0.